The first kappa shape index (κ1) is 21.5. The Bertz CT molecular complexity index is 1310. The van der Waals surface area contributed by atoms with Gasteiger partial charge in [0.25, 0.3) is 5.91 Å². The largest absolute Gasteiger partial charge is 0.389 e. The maximum Gasteiger partial charge on any atom is 0.389 e. The van der Waals surface area contributed by atoms with E-state index >= 15 is 0 Å². The number of rotatable bonds is 7. The standard InChI is InChI=1S/C19H15Cl2N7O4/c1-11-15(10-26-5-4-17(24-26)28(30)31)18(25-32-11)19(29)23-14-7-22-27(9-14)8-12-2-3-13(20)6-16(12)21/h2-7,9H,8,10H2,1H3,(H,23,29). The molecule has 11 nitrogen and oxygen atoms in total. The van der Waals surface area contributed by atoms with Crippen LogP contribution in [-0.4, -0.2) is 35.5 Å². The smallest absolute Gasteiger partial charge is 0.361 e. The minimum Gasteiger partial charge on any atom is -0.361 e. The number of nitro groups is 1. The van der Waals surface area contributed by atoms with Gasteiger partial charge in [-0.25, -0.2) is 0 Å². The SMILES string of the molecule is Cc1onc(C(=O)Nc2cnn(Cc3ccc(Cl)cc3Cl)c2)c1Cn1ccc([N+](=O)[O-])n1. The average Bonchev–Trinajstić information content (AvgIpc) is 3.46. The van der Waals surface area contributed by atoms with E-state index in [4.69, 9.17) is 27.7 Å². The van der Waals surface area contributed by atoms with Crippen molar-refractivity contribution < 1.29 is 14.2 Å². The first-order valence-electron chi connectivity index (χ1n) is 9.21. The van der Waals surface area contributed by atoms with Crippen LogP contribution in [0.25, 0.3) is 0 Å². The van der Waals surface area contributed by atoms with Gasteiger partial charge in [0.2, 0.25) is 0 Å². The van der Waals surface area contributed by atoms with Crippen molar-refractivity contribution in [1.29, 1.82) is 0 Å². The quantitative estimate of drug-likeness (QED) is 0.315. The van der Waals surface area contributed by atoms with Crippen molar-refractivity contribution in [2.24, 2.45) is 0 Å². The molecule has 3 aromatic heterocycles. The Morgan fingerprint density at radius 1 is 1.25 bits per heavy atom. The van der Waals surface area contributed by atoms with Crippen molar-refractivity contribution in [2.45, 2.75) is 20.0 Å². The third-order valence-electron chi connectivity index (χ3n) is 4.57. The molecule has 0 saturated carbocycles. The summed E-state index contributed by atoms with van der Waals surface area (Å²) in [7, 11) is 0. The molecule has 0 aliphatic rings. The number of halogens is 2. The molecular weight excluding hydrogens is 461 g/mol. The predicted molar refractivity (Wildman–Crippen MR) is 115 cm³/mol. The molecule has 32 heavy (non-hydrogen) atoms. The zero-order chi connectivity index (χ0) is 22.8. The molecule has 1 aromatic carbocycles. The van der Waals surface area contributed by atoms with Crippen LogP contribution in [-0.2, 0) is 13.1 Å². The number of aryl methyl sites for hydroxylation is 1. The average molecular weight is 476 g/mol. The zero-order valence-corrected chi connectivity index (χ0v) is 18.0. The van der Waals surface area contributed by atoms with Crippen LogP contribution in [0.4, 0.5) is 11.5 Å². The summed E-state index contributed by atoms with van der Waals surface area (Å²) >= 11 is 12.1. The van der Waals surface area contributed by atoms with Gasteiger partial charge in [0.1, 0.15) is 5.76 Å². The number of anilines is 1. The molecule has 4 aromatic rings. The van der Waals surface area contributed by atoms with Crippen molar-refractivity contribution in [2.75, 3.05) is 5.32 Å². The van der Waals surface area contributed by atoms with Gasteiger partial charge in [0.15, 0.2) is 5.69 Å². The highest BCUT2D eigenvalue weighted by Crippen LogP contribution is 2.22. The molecule has 0 radical (unpaired) electrons. The lowest BCUT2D eigenvalue weighted by Gasteiger charge is -2.05. The molecule has 0 fully saturated rings. The van der Waals surface area contributed by atoms with Gasteiger partial charge in [0.05, 0.1) is 47.9 Å². The van der Waals surface area contributed by atoms with Crippen LogP contribution in [0.2, 0.25) is 10.0 Å². The van der Waals surface area contributed by atoms with Crippen molar-refractivity contribution >= 4 is 40.6 Å². The number of benzene rings is 1. The molecule has 1 N–H and O–H groups in total. The highest BCUT2D eigenvalue weighted by molar-refractivity contribution is 6.35. The second kappa shape index (κ2) is 8.81. The monoisotopic (exact) mass is 475 g/mol. The predicted octanol–water partition coefficient (Wildman–Crippen LogP) is 3.94. The van der Waals surface area contributed by atoms with E-state index in [2.05, 4.69) is 20.7 Å². The Morgan fingerprint density at radius 2 is 2.06 bits per heavy atom. The van der Waals surface area contributed by atoms with Crippen LogP contribution < -0.4 is 5.32 Å². The number of nitrogens with zero attached hydrogens (tertiary/aromatic N) is 6. The van der Waals surface area contributed by atoms with Crippen LogP contribution in [0.3, 0.4) is 0 Å². The van der Waals surface area contributed by atoms with Crippen molar-refractivity contribution in [3.63, 3.8) is 0 Å². The minimum absolute atomic E-state index is 0.0501. The fraction of sp³-hybridized carbons (Fsp3) is 0.158. The molecule has 1 amide bonds. The molecule has 0 aliphatic heterocycles. The van der Waals surface area contributed by atoms with Gasteiger partial charge in [-0.1, -0.05) is 34.4 Å². The molecule has 164 valence electrons. The van der Waals surface area contributed by atoms with Crippen molar-refractivity contribution in [3.05, 3.63) is 85.6 Å². The summed E-state index contributed by atoms with van der Waals surface area (Å²) in [5.41, 5.74) is 1.77. The van der Waals surface area contributed by atoms with Gasteiger partial charge in [-0.2, -0.15) is 9.78 Å². The molecule has 3 heterocycles. The zero-order valence-electron chi connectivity index (χ0n) is 16.5. The molecule has 0 atom stereocenters. The van der Waals surface area contributed by atoms with Gasteiger partial charge in [-0.05, 0) is 29.5 Å². The maximum absolute atomic E-state index is 12.8. The molecule has 0 spiro atoms. The van der Waals surface area contributed by atoms with E-state index < -0.39 is 10.8 Å². The highest BCUT2D eigenvalue weighted by atomic mass is 35.5. The van der Waals surface area contributed by atoms with Crippen molar-refractivity contribution in [3.8, 4) is 0 Å². The van der Waals surface area contributed by atoms with E-state index in [0.29, 0.717) is 33.6 Å². The summed E-state index contributed by atoms with van der Waals surface area (Å²) in [4.78, 5) is 23.0. The molecule has 13 heteroatoms. The molecule has 0 aliphatic carbocycles. The lowest BCUT2D eigenvalue weighted by Crippen LogP contribution is -2.15. The summed E-state index contributed by atoms with van der Waals surface area (Å²) in [6.45, 7) is 2.11. The van der Waals surface area contributed by atoms with Crippen LogP contribution in [0.5, 0.6) is 0 Å². The van der Waals surface area contributed by atoms with Crippen LogP contribution >= 0.6 is 23.2 Å². The van der Waals surface area contributed by atoms with Gasteiger partial charge < -0.3 is 20.0 Å². The van der Waals surface area contributed by atoms with E-state index in [1.165, 1.54) is 23.1 Å². The van der Waals surface area contributed by atoms with Gasteiger partial charge in [0, 0.05) is 16.2 Å². The number of carbonyl (C=O) groups excluding carboxylic acids is 1. The number of aromatic nitrogens is 5. The summed E-state index contributed by atoms with van der Waals surface area (Å²) in [6.07, 6.45) is 4.58. The van der Waals surface area contributed by atoms with E-state index in [-0.39, 0.29) is 18.1 Å². The maximum atomic E-state index is 12.8. The molecule has 0 unspecified atom stereocenters. The molecular formula is C19H15Cl2N7O4. The third kappa shape index (κ3) is 4.63. The Morgan fingerprint density at radius 3 is 2.78 bits per heavy atom. The summed E-state index contributed by atoms with van der Waals surface area (Å²) in [6, 6.07) is 6.45. The molecule has 4 rings (SSSR count). The fourth-order valence-electron chi connectivity index (χ4n) is 2.98. The Hall–Kier alpha value is -3.70. The number of amides is 1. The summed E-state index contributed by atoms with van der Waals surface area (Å²) < 4.78 is 8.11. The Labute approximate surface area is 190 Å². The van der Waals surface area contributed by atoms with E-state index in [0.717, 1.165) is 5.56 Å². The fourth-order valence-corrected chi connectivity index (χ4v) is 3.45. The normalized spacial score (nSPS) is 11.0. The second-order valence-electron chi connectivity index (χ2n) is 6.81. The van der Waals surface area contributed by atoms with Crippen LogP contribution in [0, 0.1) is 17.0 Å². The Kier molecular flexibility index (Phi) is 5.93. The van der Waals surface area contributed by atoms with Crippen LogP contribution in [0.1, 0.15) is 27.4 Å². The first-order valence-corrected chi connectivity index (χ1v) is 9.96. The molecule has 0 bridgehead atoms. The van der Waals surface area contributed by atoms with E-state index in [1.807, 2.05) is 0 Å². The number of hydrogen-bond acceptors (Lipinski definition) is 7. The van der Waals surface area contributed by atoms with Gasteiger partial charge in [-0.3, -0.25) is 9.48 Å². The van der Waals surface area contributed by atoms with Gasteiger partial charge >= 0.3 is 5.82 Å². The molecule has 0 saturated heterocycles. The lowest BCUT2D eigenvalue weighted by molar-refractivity contribution is -0.389. The Balaban J connectivity index is 1.47. The highest BCUT2D eigenvalue weighted by Gasteiger charge is 2.23. The second-order valence-corrected chi connectivity index (χ2v) is 7.65. The third-order valence-corrected chi connectivity index (χ3v) is 5.16. The topological polar surface area (TPSA) is 134 Å². The number of hydrogen-bond donors (Lipinski definition) is 1. The van der Waals surface area contributed by atoms with Crippen LogP contribution in [0.15, 0.2) is 47.4 Å². The van der Waals surface area contributed by atoms with E-state index in [9.17, 15) is 14.9 Å². The van der Waals surface area contributed by atoms with Gasteiger partial charge in [-0.15, -0.1) is 0 Å². The van der Waals surface area contributed by atoms with Crippen molar-refractivity contribution in [1.82, 2.24) is 24.7 Å². The number of carbonyl (C=O) groups is 1. The lowest BCUT2D eigenvalue weighted by atomic mass is 10.2. The summed E-state index contributed by atoms with van der Waals surface area (Å²) in [5, 5.41) is 26.5. The minimum atomic E-state index is -0.598. The van der Waals surface area contributed by atoms with E-state index in [1.54, 1.807) is 36.0 Å². The first-order chi connectivity index (χ1) is 15.3. The number of nitrogens with one attached hydrogen (secondary N) is 1. The summed E-state index contributed by atoms with van der Waals surface area (Å²) in [5.74, 6) is -0.401.